The van der Waals surface area contributed by atoms with E-state index in [-0.39, 0.29) is 12.2 Å². The second-order valence-corrected chi connectivity index (χ2v) is 4.45. The van der Waals surface area contributed by atoms with Gasteiger partial charge in [0.2, 0.25) is 0 Å². The normalized spacial score (nSPS) is 10.9. The molecule has 0 aliphatic rings. The monoisotopic (exact) mass is 296 g/mol. The van der Waals surface area contributed by atoms with Crippen molar-refractivity contribution in [3.63, 3.8) is 0 Å². The van der Waals surface area contributed by atoms with Crippen molar-refractivity contribution in [2.45, 2.75) is 13.8 Å². The lowest BCUT2D eigenvalue weighted by atomic mass is 10.3. The predicted molar refractivity (Wildman–Crippen MR) is 82.3 cm³/mol. The Hall–Kier alpha value is -3.07. The van der Waals surface area contributed by atoms with E-state index in [1.165, 1.54) is 6.20 Å². The molecule has 0 aliphatic carbocycles. The van der Waals surface area contributed by atoms with E-state index in [0.717, 1.165) is 11.4 Å². The number of hydrogen-bond donors (Lipinski definition) is 1. The Balaban J connectivity index is 2.27. The van der Waals surface area contributed by atoms with Crippen LogP contribution in [0.25, 0.3) is 5.69 Å². The molecule has 1 aromatic heterocycles. The minimum Gasteiger partial charge on any atom is -0.462 e. The minimum absolute atomic E-state index is 0.0969. The molecular weight excluding hydrogens is 280 g/mol. The van der Waals surface area contributed by atoms with Crippen LogP contribution in [-0.4, -0.2) is 22.4 Å². The number of para-hydroxylation sites is 1. The summed E-state index contributed by atoms with van der Waals surface area (Å²) in [4.78, 5) is 11.6. The van der Waals surface area contributed by atoms with Crippen molar-refractivity contribution >= 4 is 11.8 Å². The maximum absolute atomic E-state index is 11.6. The van der Waals surface area contributed by atoms with Crippen LogP contribution < -0.4 is 5.32 Å². The van der Waals surface area contributed by atoms with Gasteiger partial charge in [-0.15, -0.1) is 0 Å². The number of nitrogens with one attached hydrogen (secondary N) is 1. The van der Waals surface area contributed by atoms with Gasteiger partial charge in [-0.25, -0.2) is 9.48 Å². The first-order valence-corrected chi connectivity index (χ1v) is 6.81. The van der Waals surface area contributed by atoms with Crippen LogP contribution >= 0.6 is 0 Å². The lowest BCUT2D eigenvalue weighted by Crippen LogP contribution is -2.09. The van der Waals surface area contributed by atoms with Crippen LogP contribution in [-0.2, 0) is 9.53 Å². The molecule has 0 spiro atoms. The number of esters is 1. The number of carbonyl (C=O) groups excluding carboxylic acids is 1. The van der Waals surface area contributed by atoms with E-state index in [4.69, 9.17) is 10.00 Å². The largest absolute Gasteiger partial charge is 0.462 e. The van der Waals surface area contributed by atoms with Crippen molar-refractivity contribution in [2.75, 3.05) is 11.9 Å². The minimum atomic E-state index is -0.653. The molecule has 0 saturated carbocycles. The number of hydrogen-bond acceptors (Lipinski definition) is 5. The number of ether oxygens (including phenoxy) is 1. The van der Waals surface area contributed by atoms with Gasteiger partial charge in [-0.3, -0.25) is 0 Å². The summed E-state index contributed by atoms with van der Waals surface area (Å²) in [7, 11) is 0. The van der Waals surface area contributed by atoms with Crippen LogP contribution in [0.5, 0.6) is 0 Å². The Labute approximate surface area is 128 Å². The van der Waals surface area contributed by atoms with E-state index in [2.05, 4.69) is 10.4 Å². The van der Waals surface area contributed by atoms with Crippen LogP contribution in [0, 0.1) is 18.3 Å². The van der Waals surface area contributed by atoms with Crippen molar-refractivity contribution in [1.29, 1.82) is 5.26 Å². The zero-order valence-corrected chi connectivity index (χ0v) is 12.4. The van der Waals surface area contributed by atoms with Gasteiger partial charge in [-0.2, -0.15) is 10.4 Å². The molecule has 2 aromatic rings. The first-order valence-electron chi connectivity index (χ1n) is 6.81. The molecule has 0 atom stereocenters. The highest BCUT2D eigenvalue weighted by molar-refractivity contribution is 5.93. The maximum atomic E-state index is 11.6. The fraction of sp³-hybridized carbons (Fsp3) is 0.188. The molecule has 22 heavy (non-hydrogen) atoms. The van der Waals surface area contributed by atoms with Crippen molar-refractivity contribution in [1.82, 2.24) is 9.78 Å². The number of nitriles is 1. The predicted octanol–water partition coefficient (Wildman–Crippen LogP) is 2.56. The van der Waals surface area contributed by atoms with Crippen molar-refractivity contribution < 1.29 is 9.53 Å². The van der Waals surface area contributed by atoms with Crippen LogP contribution in [0.15, 0.2) is 48.2 Å². The van der Waals surface area contributed by atoms with E-state index in [1.54, 1.807) is 11.6 Å². The van der Waals surface area contributed by atoms with Crippen LogP contribution in [0.1, 0.15) is 12.6 Å². The van der Waals surface area contributed by atoms with Crippen molar-refractivity contribution in [3.05, 3.63) is 53.9 Å². The topological polar surface area (TPSA) is 79.9 Å². The smallest absolute Gasteiger partial charge is 0.350 e. The summed E-state index contributed by atoms with van der Waals surface area (Å²) >= 11 is 0. The molecule has 0 amide bonds. The first kappa shape index (κ1) is 15.3. The van der Waals surface area contributed by atoms with Gasteiger partial charge in [0.05, 0.1) is 18.0 Å². The van der Waals surface area contributed by atoms with Crippen LogP contribution in [0.4, 0.5) is 5.82 Å². The molecular formula is C16H16N4O2. The van der Waals surface area contributed by atoms with E-state index in [0.29, 0.717) is 5.82 Å². The zero-order chi connectivity index (χ0) is 15.9. The van der Waals surface area contributed by atoms with Crippen LogP contribution in [0.2, 0.25) is 0 Å². The third-order valence-electron chi connectivity index (χ3n) is 2.81. The number of nitrogens with zero attached hydrogens (tertiary/aromatic N) is 3. The Morgan fingerprint density at radius 1 is 1.45 bits per heavy atom. The fourth-order valence-electron chi connectivity index (χ4n) is 1.86. The Kier molecular flexibility index (Phi) is 4.94. The molecule has 6 heteroatoms. The second kappa shape index (κ2) is 7.09. The highest BCUT2D eigenvalue weighted by Gasteiger charge is 2.11. The Bertz CT molecular complexity index is 726. The molecule has 0 aliphatic heterocycles. The number of rotatable bonds is 5. The van der Waals surface area contributed by atoms with E-state index >= 15 is 0 Å². The Morgan fingerprint density at radius 2 is 2.18 bits per heavy atom. The third kappa shape index (κ3) is 3.52. The summed E-state index contributed by atoms with van der Waals surface area (Å²) in [5.41, 5.74) is 1.59. The van der Waals surface area contributed by atoms with Gasteiger partial charge in [0.1, 0.15) is 11.9 Å². The summed E-state index contributed by atoms with van der Waals surface area (Å²) in [6.45, 7) is 3.78. The van der Waals surface area contributed by atoms with E-state index < -0.39 is 5.97 Å². The number of carbonyl (C=O) groups is 1. The van der Waals surface area contributed by atoms with Gasteiger partial charge in [0.15, 0.2) is 5.57 Å². The number of aromatic nitrogens is 2. The molecule has 6 nitrogen and oxygen atoms in total. The fourth-order valence-corrected chi connectivity index (χ4v) is 1.86. The van der Waals surface area contributed by atoms with E-state index in [1.807, 2.05) is 49.4 Å². The molecule has 0 unspecified atom stereocenters. The lowest BCUT2D eigenvalue weighted by molar-refractivity contribution is -0.138. The molecule has 0 fully saturated rings. The summed E-state index contributed by atoms with van der Waals surface area (Å²) < 4.78 is 6.51. The van der Waals surface area contributed by atoms with E-state index in [9.17, 15) is 4.79 Å². The SMILES string of the molecule is CCOC(=O)/C(C#N)=C/Nc1cc(C)nn1-c1ccccc1. The second-order valence-electron chi connectivity index (χ2n) is 4.45. The molecule has 2 rings (SSSR count). The number of benzene rings is 1. The van der Waals surface area contributed by atoms with Crippen molar-refractivity contribution in [3.8, 4) is 11.8 Å². The van der Waals surface area contributed by atoms with Gasteiger partial charge >= 0.3 is 5.97 Å². The third-order valence-corrected chi connectivity index (χ3v) is 2.81. The summed E-state index contributed by atoms with van der Waals surface area (Å²) in [5, 5.41) is 16.3. The lowest BCUT2D eigenvalue weighted by Gasteiger charge is -2.07. The number of anilines is 1. The zero-order valence-electron chi connectivity index (χ0n) is 12.4. The van der Waals surface area contributed by atoms with Gasteiger partial charge in [-0.1, -0.05) is 18.2 Å². The maximum Gasteiger partial charge on any atom is 0.350 e. The molecule has 0 saturated heterocycles. The molecule has 1 N–H and O–H groups in total. The summed E-state index contributed by atoms with van der Waals surface area (Å²) in [6, 6.07) is 13.2. The highest BCUT2D eigenvalue weighted by Crippen LogP contribution is 2.17. The quantitative estimate of drug-likeness (QED) is 0.521. The standard InChI is InChI=1S/C16H16N4O2/c1-3-22-16(21)13(10-17)11-18-15-9-12(2)19-20(15)14-7-5-4-6-8-14/h4-9,11,18H,3H2,1-2H3/b13-11+. The number of aryl methyl sites for hydroxylation is 1. The molecule has 0 radical (unpaired) electrons. The van der Waals surface area contributed by atoms with Gasteiger partial charge in [-0.05, 0) is 26.0 Å². The average molecular weight is 296 g/mol. The van der Waals surface area contributed by atoms with Crippen LogP contribution in [0.3, 0.4) is 0 Å². The first-order chi connectivity index (χ1) is 10.7. The molecule has 1 heterocycles. The summed E-state index contributed by atoms with van der Waals surface area (Å²) in [5.74, 6) is 0.000692. The van der Waals surface area contributed by atoms with Gasteiger partial charge in [0.25, 0.3) is 0 Å². The van der Waals surface area contributed by atoms with Gasteiger partial charge in [0, 0.05) is 12.3 Å². The summed E-state index contributed by atoms with van der Waals surface area (Å²) in [6.07, 6.45) is 1.33. The average Bonchev–Trinajstić information content (AvgIpc) is 2.90. The molecule has 0 bridgehead atoms. The molecule has 1 aromatic carbocycles. The molecule has 112 valence electrons. The Morgan fingerprint density at radius 3 is 2.82 bits per heavy atom. The van der Waals surface area contributed by atoms with Crippen molar-refractivity contribution in [2.24, 2.45) is 0 Å². The highest BCUT2D eigenvalue weighted by atomic mass is 16.5. The van der Waals surface area contributed by atoms with Gasteiger partial charge < -0.3 is 10.1 Å².